The fraction of sp³-hybridized carbons (Fsp3) is 0.429. The highest BCUT2D eigenvalue weighted by Gasteiger charge is 2.32. The first-order valence-corrected chi connectivity index (χ1v) is 11.4. The van der Waals surface area contributed by atoms with Crippen molar-refractivity contribution in [1.82, 2.24) is 19.2 Å². The Balaban J connectivity index is 1.86. The number of aryl methyl sites for hydroxylation is 1. The molecule has 4 rings (SSSR count). The van der Waals surface area contributed by atoms with Crippen LogP contribution in [0.4, 0.5) is 5.82 Å². The van der Waals surface area contributed by atoms with E-state index in [4.69, 9.17) is 17.2 Å². The Morgan fingerprint density at radius 3 is 2.53 bits per heavy atom. The van der Waals surface area contributed by atoms with Gasteiger partial charge in [-0.15, -0.1) is 0 Å². The van der Waals surface area contributed by atoms with Crippen LogP contribution in [0.25, 0.3) is 11.7 Å². The SMILES string of the molecule is CCN1CCN(c2nc3c(C)cccn3c(=O)c2/C=C2/SC(=S)N(CC)C2=O)CC1. The van der Waals surface area contributed by atoms with Crippen LogP contribution in [0.2, 0.25) is 0 Å². The van der Waals surface area contributed by atoms with Crippen molar-refractivity contribution in [3.63, 3.8) is 0 Å². The van der Waals surface area contributed by atoms with Crippen LogP contribution >= 0.6 is 24.0 Å². The van der Waals surface area contributed by atoms with Gasteiger partial charge in [-0.05, 0) is 38.1 Å². The van der Waals surface area contributed by atoms with E-state index in [0.29, 0.717) is 32.8 Å². The molecular formula is C21H25N5O2S2. The van der Waals surface area contributed by atoms with Crippen LogP contribution in [-0.2, 0) is 4.79 Å². The highest BCUT2D eigenvalue weighted by Crippen LogP contribution is 2.33. The third-order valence-electron chi connectivity index (χ3n) is 5.65. The molecule has 2 saturated heterocycles. The smallest absolute Gasteiger partial charge is 0.267 e. The van der Waals surface area contributed by atoms with Gasteiger partial charge >= 0.3 is 0 Å². The maximum atomic E-state index is 13.5. The number of hydrogen-bond donors (Lipinski definition) is 0. The molecule has 2 aliphatic rings. The Labute approximate surface area is 185 Å². The number of carbonyl (C=O) groups is 1. The number of amides is 1. The van der Waals surface area contributed by atoms with E-state index in [-0.39, 0.29) is 11.5 Å². The maximum absolute atomic E-state index is 13.5. The van der Waals surface area contributed by atoms with Gasteiger partial charge in [-0.1, -0.05) is 37.0 Å². The Morgan fingerprint density at radius 1 is 1.17 bits per heavy atom. The number of thiocarbonyl (C=S) groups is 1. The van der Waals surface area contributed by atoms with Gasteiger partial charge in [0.1, 0.15) is 15.8 Å². The van der Waals surface area contributed by atoms with Gasteiger partial charge < -0.3 is 9.80 Å². The third-order valence-corrected chi connectivity index (χ3v) is 7.03. The van der Waals surface area contributed by atoms with E-state index in [1.165, 1.54) is 11.8 Å². The topological polar surface area (TPSA) is 61.2 Å². The predicted molar refractivity (Wildman–Crippen MR) is 126 cm³/mol. The number of aromatic nitrogens is 2. The Hall–Kier alpha value is -2.23. The summed E-state index contributed by atoms with van der Waals surface area (Å²) in [6.07, 6.45) is 3.41. The number of hydrogen-bond acceptors (Lipinski definition) is 7. The minimum Gasteiger partial charge on any atom is -0.353 e. The summed E-state index contributed by atoms with van der Waals surface area (Å²) in [6.45, 7) is 10.9. The number of thioether (sulfide) groups is 1. The molecule has 158 valence electrons. The Kier molecular flexibility index (Phi) is 5.95. The van der Waals surface area contributed by atoms with E-state index in [1.54, 1.807) is 21.6 Å². The van der Waals surface area contributed by atoms with Crippen LogP contribution in [0.1, 0.15) is 25.0 Å². The summed E-state index contributed by atoms with van der Waals surface area (Å²) in [4.78, 5) is 37.7. The highest BCUT2D eigenvalue weighted by atomic mass is 32.2. The molecule has 0 N–H and O–H groups in total. The molecule has 0 spiro atoms. The minimum absolute atomic E-state index is 0.150. The van der Waals surface area contributed by atoms with Crippen molar-refractivity contribution in [3.05, 3.63) is 44.7 Å². The fourth-order valence-corrected chi connectivity index (χ4v) is 5.21. The first-order chi connectivity index (χ1) is 14.4. The minimum atomic E-state index is -0.168. The molecule has 30 heavy (non-hydrogen) atoms. The molecule has 1 amide bonds. The summed E-state index contributed by atoms with van der Waals surface area (Å²) in [6, 6.07) is 3.79. The summed E-state index contributed by atoms with van der Waals surface area (Å²) >= 11 is 6.58. The third kappa shape index (κ3) is 3.66. The average Bonchev–Trinajstić information content (AvgIpc) is 3.02. The van der Waals surface area contributed by atoms with E-state index in [9.17, 15) is 9.59 Å². The number of rotatable bonds is 4. The lowest BCUT2D eigenvalue weighted by Gasteiger charge is -2.35. The van der Waals surface area contributed by atoms with Crippen LogP contribution in [0.5, 0.6) is 0 Å². The molecule has 2 fully saturated rings. The van der Waals surface area contributed by atoms with Gasteiger partial charge in [0.2, 0.25) is 0 Å². The van der Waals surface area contributed by atoms with Crippen LogP contribution in [0.3, 0.4) is 0 Å². The van der Waals surface area contributed by atoms with Crippen molar-refractivity contribution >= 4 is 51.7 Å². The van der Waals surface area contributed by atoms with E-state index < -0.39 is 0 Å². The predicted octanol–water partition coefficient (Wildman–Crippen LogP) is 2.37. The van der Waals surface area contributed by atoms with Crippen molar-refractivity contribution in [2.24, 2.45) is 0 Å². The summed E-state index contributed by atoms with van der Waals surface area (Å²) in [5.74, 6) is 0.495. The van der Waals surface area contributed by atoms with Crippen molar-refractivity contribution in [1.29, 1.82) is 0 Å². The molecule has 0 aromatic carbocycles. The lowest BCUT2D eigenvalue weighted by molar-refractivity contribution is -0.121. The number of pyridine rings is 1. The van der Waals surface area contributed by atoms with Crippen molar-refractivity contribution in [2.75, 3.05) is 44.2 Å². The molecule has 7 nitrogen and oxygen atoms in total. The maximum Gasteiger partial charge on any atom is 0.267 e. The molecule has 2 aromatic rings. The highest BCUT2D eigenvalue weighted by molar-refractivity contribution is 8.26. The molecule has 9 heteroatoms. The standard InChI is InChI=1S/C21H25N5O2S2/c1-4-23-9-11-24(12-10-23)18-15(13-16-20(28)25(5-2)21(29)30-16)19(27)26-8-6-7-14(3)17(26)22-18/h6-8,13H,4-5,9-12H2,1-3H3/b16-13+. The number of anilines is 1. The van der Waals surface area contributed by atoms with Gasteiger partial charge in [0, 0.05) is 38.9 Å². The summed E-state index contributed by atoms with van der Waals surface area (Å²) in [5, 5.41) is 0. The average molecular weight is 444 g/mol. The Bertz CT molecular complexity index is 1100. The number of fused-ring (bicyclic) bond motifs is 1. The molecule has 0 aliphatic carbocycles. The molecule has 0 saturated carbocycles. The van der Waals surface area contributed by atoms with Gasteiger partial charge in [0.25, 0.3) is 11.5 Å². The Morgan fingerprint density at radius 2 is 1.90 bits per heavy atom. The van der Waals surface area contributed by atoms with Gasteiger partial charge in [-0.25, -0.2) is 4.98 Å². The largest absolute Gasteiger partial charge is 0.353 e. The molecule has 0 bridgehead atoms. The van der Waals surface area contributed by atoms with Crippen LogP contribution in [0.15, 0.2) is 28.0 Å². The molecular weight excluding hydrogens is 418 g/mol. The van der Waals surface area contributed by atoms with Gasteiger partial charge in [0.15, 0.2) is 0 Å². The molecule has 0 unspecified atom stereocenters. The van der Waals surface area contributed by atoms with Crippen molar-refractivity contribution in [2.45, 2.75) is 20.8 Å². The second-order valence-corrected chi connectivity index (χ2v) is 9.06. The second-order valence-electron chi connectivity index (χ2n) is 7.39. The summed E-state index contributed by atoms with van der Waals surface area (Å²) < 4.78 is 2.09. The molecule has 2 aromatic heterocycles. The zero-order chi connectivity index (χ0) is 21.4. The van der Waals surface area contributed by atoms with E-state index >= 15 is 0 Å². The number of carbonyl (C=O) groups excluding carboxylic acids is 1. The van der Waals surface area contributed by atoms with Crippen LogP contribution in [-0.4, -0.2) is 68.7 Å². The van der Waals surface area contributed by atoms with Crippen LogP contribution < -0.4 is 10.5 Å². The summed E-state index contributed by atoms with van der Waals surface area (Å²) in [5.41, 5.74) is 1.86. The van der Waals surface area contributed by atoms with E-state index in [0.717, 1.165) is 38.3 Å². The molecule has 0 atom stereocenters. The lowest BCUT2D eigenvalue weighted by Crippen LogP contribution is -2.47. The normalized spacial score (nSPS) is 19.5. The van der Waals surface area contributed by atoms with Gasteiger partial charge in [-0.3, -0.25) is 18.9 Å². The van der Waals surface area contributed by atoms with E-state index in [2.05, 4.69) is 16.7 Å². The monoisotopic (exact) mass is 443 g/mol. The fourth-order valence-electron chi connectivity index (χ4n) is 3.85. The molecule has 4 heterocycles. The van der Waals surface area contributed by atoms with E-state index in [1.807, 2.05) is 26.0 Å². The molecule has 2 aliphatic heterocycles. The molecule has 0 radical (unpaired) electrons. The van der Waals surface area contributed by atoms with Gasteiger partial charge in [0.05, 0.1) is 10.5 Å². The number of piperazine rings is 1. The quantitative estimate of drug-likeness (QED) is 0.531. The second kappa shape index (κ2) is 8.49. The first kappa shape index (κ1) is 21.0. The number of likely N-dealkylation sites (N-methyl/N-ethyl adjacent to an activating group) is 2. The summed E-state index contributed by atoms with van der Waals surface area (Å²) in [7, 11) is 0. The lowest BCUT2D eigenvalue weighted by atomic mass is 10.2. The van der Waals surface area contributed by atoms with Gasteiger partial charge in [-0.2, -0.15) is 0 Å². The zero-order valence-corrected chi connectivity index (χ0v) is 19.1. The first-order valence-electron chi connectivity index (χ1n) is 10.2. The zero-order valence-electron chi connectivity index (χ0n) is 17.4. The number of nitrogens with zero attached hydrogens (tertiary/aromatic N) is 5. The van der Waals surface area contributed by atoms with Crippen molar-refractivity contribution < 1.29 is 4.79 Å². The van der Waals surface area contributed by atoms with Crippen LogP contribution in [0, 0.1) is 6.92 Å². The van der Waals surface area contributed by atoms with Crippen molar-refractivity contribution in [3.8, 4) is 0 Å².